The van der Waals surface area contributed by atoms with E-state index in [4.69, 9.17) is 4.42 Å². The number of hydrogen-bond donors (Lipinski definition) is 2. The Kier molecular flexibility index (Phi) is 4.51. The van der Waals surface area contributed by atoms with Crippen molar-refractivity contribution in [2.75, 3.05) is 5.32 Å². The standard InChI is InChI=1S/C24H25FN2O2S/c1-24(2,3)14-6-9-16-19(12-14)30-23-20(16)22(28)26-21(27-23)18-11-10-17(29-18)13-4-7-15(25)8-5-13/h4-5,7-8,10-11,14,21,27H,6,9,12H2,1-3H3,(H,26,28)/t14-,21-/m1/s1. The molecular weight excluding hydrogens is 399 g/mol. The largest absolute Gasteiger partial charge is 0.457 e. The van der Waals surface area contributed by atoms with E-state index in [1.165, 1.54) is 22.6 Å². The fraction of sp³-hybridized carbons (Fsp3) is 0.375. The maximum atomic E-state index is 13.2. The molecule has 2 aliphatic rings. The first-order valence-corrected chi connectivity index (χ1v) is 11.2. The molecule has 1 aliphatic heterocycles. The van der Waals surface area contributed by atoms with Gasteiger partial charge in [-0.25, -0.2) is 4.39 Å². The molecule has 3 heterocycles. The molecular formula is C24H25FN2O2S. The molecule has 2 N–H and O–H groups in total. The molecule has 4 nitrogen and oxygen atoms in total. The van der Waals surface area contributed by atoms with Crippen LogP contribution in [-0.4, -0.2) is 5.91 Å². The van der Waals surface area contributed by atoms with Crippen molar-refractivity contribution in [3.63, 3.8) is 0 Å². The predicted octanol–water partition coefficient (Wildman–Crippen LogP) is 6.15. The van der Waals surface area contributed by atoms with Crippen molar-refractivity contribution in [1.82, 2.24) is 5.32 Å². The summed E-state index contributed by atoms with van der Waals surface area (Å²) < 4.78 is 19.2. The van der Waals surface area contributed by atoms with Gasteiger partial charge in [0.15, 0.2) is 6.17 Å². The van der Waals surface area contributed by atoms with E-state index in [1.807, 2.05) is 12.1 Å². The first-order valence-electron chi connectivity index (χ1n) is 10.4. The molecule has 1 aromatic carbocycles. The Hall–Kier alpha value is -2.60. The van der Waals surface area contributed by atoms with E-state index in [-0.39, 0.29) is 17.1 Å². The molecule has 0 radical (unpaired) electrons. The fourth-order valence-corrected chi connectivity index (χ4v) is 5.81. The summed E-state index contributed by atoms with van der Waals surface area (Å²) in [6, 6.07) is 9.88. The number of fused-ring (bicyclic) bond motifs is 3. The van der Waals surface area contributed by atoms with Crippen molar-refractivity contribution in [2.24, 2.45) is 11.3 Å². The Labute approximate surface area is 179 Å². The number of halogens is 1. The van der Waals surface area contributed by atoms with Crippen molar-refractivity contribution in [2.45, 2.75) is 46.2 Å². The molecule has 0 unspecified atom stereocenters. The molecule has 1 aliphatic carbocycles. The molecule has 0 fully saturated rings. The van der Waals surface area contributed by atoms with E-state index in [2.05, 4.69) is 31.4 Å². The number of hydrogen-bond acceptors (Lipinski definition) is 4. The van der Waals surface area contributed by atoms with E-state index in [1.54, 1.807) is 23.5 Å². The minimum Gasteiger partial charge on any atom is -0.457 e. The summed E-state index contributed by atoms with van der Waals surface area (Å²) in [5, 5.41) is 7.44. The predicted molar refractivity (Wildman–Crippen MR) is 117 cm³/mol. The van der Waals surface area contributed by atoms with Crippen LogP contribution in [0.25, 0.3) is 11.3 Å². The summed E-state index contributed by atoms with van der Waals surface area (Å²) in [7, 11) is 0. The van der Waals surface area contributed by atoms with Crippen molar-refractivity contribution in [3.8, 4) is 11.3 Å². The minimum absolute atomic E-state index is 0.0415. The smallest absolute Gasteiger partial charge is 0.256 e. The van der Waals surface area contributed by atoms with E-state index in [9.17, 15) is 9.18 Å². The summed E-state index contributed by atoms with van der Waals surface area (Å²) in [5.74, 6) is 1.58. The van der Waals surface area contributed by atoms with Crippen molar-refractivity contribution < 1.29 is 13.6 Å². The zero-order valence-corrected chi connectivity index (χ0v) is 18.2. The van der Waals surface area contributed by atoms with Gasteiger partial charge in [-0.05, 0) is 72.6 Å². The Morgan fingerprint density at radius 3 is 2.60 bits per heavy atom. The average Bonchev–Trinajstić information content (AvgIpc) is 3.32. The molecule has 0 spiro atoms. The van der Waals surface area contributed by atoms with E-state index >= 15 is 0 Å². The highest BCUT2D eigenvalue weighted by Crippen LogP contribution is 2.46. The number of rotatable bonds is 2. The van der Waals surface area contributed by atoms with Crippen molar-refractivity contribution in [3.05, 3.63) is 64.0 Å². The average molecular weight is 425 g/mol. The summed E-state index contributed by atoms with van der Waals surface area (Å²) in [6.45, 7) is 6.90. The number of carbonyl (C=O) groups is 1. The van der Waals surface area contributed by atoms with Crippen LogP contribution >= 0.6 is 11.3 Å². The van der Waals surface area contributed by atoms with Crippen LogP contribution < -0.4 is 10.6 Å². The maximum Gasteiger partial charge on any atom is 0.256 e. The first-order chi connectivity index (χ1) is 14.3. The van der Waals surface area contributed by atoms with E-state index in [0.29, 0.717) is 17.4 Å². The third-order valence-corrected chi connectivity index (χ3v) is 7.49. The molecule has 30 heavy (non-hydrogen) atoms. The maximum absolute atomic E-state index is 13.2. The molecule has 1 amide bonds. The van der Waals surface area contributed by atoms with Gasteiger partial charge in [-0.15, -0.1) is 11.3 Å². The molecule has 0 saturated carbocycles. The Morgan fingerprint density at radius 2 is 1.87 bits per heavy atom. The molecule has 2 aromatic heterocycles. The summed E-state index contributed by atoms with van der Waals surface area (Å²) in [5.41, 5.74) is 3.09. The van der Waals surface area contributed by atoms with Gasteiger partial charge in [0.25, 0.3) is 5.91 Å². The van der Waals surface area contributed by atoms with Gasteiger partial charge in [0.05, 0.1) is 5.56 Å². The molecule has 5 rings (SSSR count). The molecule has 6 heteroatoms. The summed E-state index contributed by atoms with van der Waals surface area (Å²) >= 11 is 1.71. The zero-order chi connectivity index (χ0) is 21.0. The van der Waals surface area contributed by atoms with Gasteiger partial charge < -0.3 is 15.1 Å². The highest BCUT2D eigenvalue weighted by Gasteiger charge is 2.37. The second-order valence-electron chi connectivity index (χ2n) is 9.27. The number of benzene rings is 1. The lowest BCUT2D eigenvalue weighted by molar-refractivity contribution is 0.0930. The fourth-order valence-electron chi connectivity index (χ4n) is 4.46. The molecule has 2 atom stereocenters. The quantitative estimate of drug-likeness (QED) is 0.519. The third kappa shape index (κ3) is 3.33. The van der Waals surface area contributed by atoms with Crippen LogP contribution in [0.4, 0.5) is 9.39 Å². The minimum atomic E-state index is -0.419. The van der Waals surface area contributed by atoms with E-state index in [0.717, 1.165) is 35.4 Å². The second kappa shape index (κ2) is 6.98. The second-order valence-corrected chi connectivity index (χ2v) is 10.4. The lowest BCUT2D eigenvalue weighted by Crippen LogP contribution is -2.38. The van der Waals surface area contributed by atoms with Crippen LogP contribution in [0.3, 0.4) is 0 Å². The monoisotopic (exact) mass is 424 g/mol. The zero-order valence-electron chi connectivity index (χ0n) is 17.3. The lowest BCUT2D eigenvalue weighted by Gasteiger charge is -2.34. The Morgan fingerprint density at radius 1 is 1.10 bits per heavy atom. The SMILES string of the molecule is CC(C)(C)[C@@H]1CCc2c(sc3c2C(=O)N[C@@H](c2ccc(-c4ccc(F)cc4)o2)N3)C1. The first kappa shape index (κ1) is 19.4. The van der Waals surface area contributed by atoms with Crippen LogP contribution in [0, 0.1) is 17.2 Å². The van der Waals surface area contributed by atoms with Crippen LogP contribution in [0.1, 0.15) is 59.9 Å². The van der Waals surface area contributed by atoms with Crippen LogP contribution in [0.2, 0.25) is 0 Å². The third-order valence-electron chi connectivity index (χ3n) is 6.31. The van der Waals surface area contributed by atoms with Gasteiger partial charge in [-0.1, -0.05) is 20.8 Å². The van der Waals surface area contributed by atoms with Gasteiger partial charge in [-0.3, -0.25) is 4.79 Å². The van der Waals surface area contributed by atoms with Crippen LogP contribution in [0.15, 0.2) is 40.8 Å². The van der Waals surface area contributed by atoms with Crippen molar-refractivity contribution >= 4 is 22.2 Å². The van der Waals surface area contributed by atoms with Gasteiger partial charge in [0.1, 0.15) is 22.3 Å². The number of anilines is 1. The number of amides is 1. The molecule has 3 aromatic rings. The highest BCUT2D eigenvalue weighted by molar-refractivity contribution is 7.16. The normalized spacial score (nSPS) is 20.9. The summed E-state index contributed by atoms with van der Waals surface area (Å²) in [6.07, 6.45) is 2.69. The number of thiophene rings is 1. The highest BCUT2D eigenvalue weighted by atomic mass is 32.1. The Bertz CT molecular complexity index is 1110. The van der Waals surface area contributed by atoms with Crippen molar-refractivity contribution in [1.29, 1.82) is 0 Å². The molecule has 0 bridgehead atoms. The van der Waals surface area contributed by atoms with Gasteiger partial charge in [-0.2, -0.15) is 0 Å². The number of carbonyl (C=O) groups excluding carboxylic acids is 1. The topological polar surface area (TPSA) is 54.3 Å². The molecule has 156 valence electrons. The van der Waals surface area contributed by atoms with E-state index < -0.39 is 6.17 Å². The Balaban J connectivity index is 1.41. The van der Waals surface area contributed by atoms with Crippen LogP contribution in [0.5, 0.6) is 0 Å². The molecule has 0 saturated heterocycles. The van der Waals surface area contributed by atoms with Gasteiger partial charge in [0, 0.05) is 10.4 Å². The number of furan rings is 1. The van der Waals surface area contributed by atoms with Gasteiger partial charge in [0.2, 0.25) is 0 Å². The van der Waals surface area contributed by atoms with Gasteiger partial charge >= 0.3 is 0 Å². The summed E-state index contributed by atoms with van der Waals surface area (Å²) in [4.78, 5) is 14.3. The lowest BCUT2D eigenvalue weighted by atomic mass is 9.72. The van der Waals surface area contributed by atoms with Crippen LogP contribution in [-0.2, 0) is 12.8 Å². The number of nitrogens with one attached hydrogen (secondary N) is 2.